The molecule has 0 aliphatic heterocycles. The highest BCUT2D eigenvalue weighted by molar-refractivity contribution is 14.1. The minimum atomic E-state index is -0.547. The summed E-state index contributed by atoms with van der Waals surface area (Å²) in [6, 6.07) is 7.44. The van der Waals surface area contributed by atoms with Crippen LogP contribution in [0.3, 0.4) is 0 Å². The van der Waals surface area contributed by atoms with Crippen LogP contribution in [0.15, 0.2) is 24.3 Å². The molecule has 0 atom stereocenters. The molecule has 0 radical (unpaired) electrons. The van der Waals surface area contributed by atoms with Gasteiger partial charge in [-0.15, -0.1) is 0 Å². The van der Waals surface area contributed by atoms with E-state index in [9.17, 15) is 9.59 Å². The highest BCUT2D eigenvalue weighted by Gasteiger charge is 2.22. The van der Waals surface area contributed by atoms with Crippen LogP contribution >= 0.6 is 33.9 Å². The number of urea groups is 1. The third-order valence-corrected chi connectivity index (χ3v) is 4.49. The average Bonchev–Trinajstić information content (AvgIpc) is 2.91. The third-order valence-electron chi connectivity index (χ3n) is 2.79. The Morgan fingerprint density at radius 3 is 2.74 bits per heavy atom. The lowest BCUT2D eigenvalue weighted by atomic mass is 10.2. The third kappa shape index (κ3) is 4.41. The molecule has 0 aliphatic rings. The molecule has 1 N–H and O–H groups in total. The number of amides is 2. The molecule has 0 saturated carbocycles. The zero-order valence-electron chi connectivity index (χ0n) is 12.9. The number of nitrogens with one attached hydrogen (secondary N) is 1. The van der Waals surface area contributed by atoms with E-state index in [-0.39, 0.29) is 18.3 Å². The van der Waals surface area contributed by atoms with Crippen molar-refractivity contribution < 1.29 is 14.3 Å². The van der Waals surface area contributed by atoms with Crippen molar-refractivity contribution in [2.75, 3.05) is 26.0 Å². The second-order valence-electron chi connectivity index (χ2n) is 4.75. The van der Waals surface area contributed by atoms with Crippen LogP contribution < -0.4 is 5.32 Å². The first-order valence-corrected chi connectivity index (χ1v) is 8.74. The minimum absolute atomic E-state index is 0.126. The van der Waals surface area contributed by atoms with Crippen LogP contribution in [-0.2, 0) is 4.74 Å². The van der Waals surface area contributed by atoms with Gasteiger partial charge in [0.05, 0.1) is 6.61 Å². The lowest BCUT2D eigenvalue weighted by Crippen LogP contribution is -2.27. The Bertz CT molecular complexity index is 731. The van der Waals surface area contributed by atoms with Crippen molar-refractivity contribution in [1.29, 1.82) is 0 Å². The topological polar surface area (TPSA) is 71.5 Å². The molecule has 0 unspecified atom stereocenters. The van der Waals surface area contributed by atoms with Crippen molar-refractivity contribution in [1.82, 2.24) is 9.88 Å². The van der Waals surface area contributed by atoms with E-state index in [1.54, 1.807) is 21.0 Å². The molecule has 1 heterocycles. The van der Waals surface area contributed by atoms with Crippen molar-refractivity contribution >= 4 is 50.9 Å². The van der Waals surface area contributed by atoms with Gasteiger partial charge in [-0.3, -0.25) is 5.32 Å². The first-order valence-electron chi connectivity index (χ1n) is 6.84. The van der Waals surface area contributed by atoms with E-state index < -0.39 is 5.97 Å². The Morgan fingerprint density at radius 2 is 2.13 bits per heavy atom. The maximum atomic E-state index is 12.1. The van der Waals surface area contributed by atoms with Crippen LogP contribution in [0.5, 0.6) is 0 Å². The van der Waals surface area contributed by atoms with Crippen LogP contribution in [0, 0.1) is 3.57 Å². The average molecular weight is 445 g/mol. The number of hydrogen-bond acceptors (Lipinski definition) is 5. The van der Waals surface area contributed by atoms with E-state index >= 15 is 0 Å². The van der Waals surface area contributed by atoms with Crippen LogP contribution in [0.4, 0.5) is 9.80 Å². The van der Waals surface area contributed by atoms with Crippen molar-refractivity contribution in [3.8, 4) is 10.6 Å². The number of benzene rings is 1. The molecule has 23 heavy (non-hydrogen) atoms. The van der Waals surface area contributed by atoms with Crippen molar-refractivity contribution in [2.24, 2.45) is 0 Å². The van der Waals surface area contributed by atoms with Crippen LogP contribution in [0.25, 0.3) is 10.6 Å². The Balaban J connectivity index is 2.42. The Morgan fingerprint density at radius 1 is 1.39 bits per heavy atom. The van der Waals surface area contributed by atoms with E-state index in [0.717, 1.165) is 9.13 Å². The summed E-state index contributed by atoms with van der Waals surface area (Å²) in [6.07, 6.45) is 0. The van der Waals surface area contributed by atoms with Gasteiger partial charge >= 0.3 is 12.0 Å². The Labute approximate surface area is 152 Å². The van der Waals surface area contributed by atoms with Gasteiger partial charge in [0.2, 0.25) is 0 Å². The number of carbonyl (C=O) groups excluding carboxylic acids is 2. The largest absolute Gasteiger partial charge is 0.461 e. The van der Waals surface area contributed by atoms with Gasteiger partial charge in [-0.05, 0) is 41.6 Å². The van der Waals surface area contributed by atoms with Gasteiger partial charge in [0, 0.05) is 23.2 Å². The molecule has 0 saturated heterocycles. The molecule has 6 nitrogen and oxygen atoms in total. The predicted molar refractivity (Wildman–Crippen MR) is 98.9 cm³/mol. The van der Waals surface area contributed by atoms with Gasteiger partial charge in [0.15, 0.2) is 5.69 Å². The molecule has 0 bridgehead atoms. The second-order valence-corrected chi connectivity index (χ2v) is 7.00. The summed E-state index contributed by atoms with van der Waals surface area (Å²) < 4.78 is 6.08. The zero-order chi connectivity index (χ0) is 17.0. The summed E-state index contributed by atoms with van der Waals surface area (Å²) in [7, 11) is 3.25. The number of anilines is 1. The van der Waals surface area contributed by atoms with Gasteiger partial charge < -0.3 is 9.64 Å². The Hall–Kier alpha value is -1.68. The maximum absolute atomic E-state index is 12.1. The van der Waals surface area contributed by atoms with Gasteiger partial charge in [0.25, 0.3) is 0 Å². The van der Waals surface area contributed by atoms with Gasteiger partial charge in [-0.2, -0.15) is 0 Å². The normalized spacial score (nSPS) is 10.3. The second kappa shape index (κ2) is 7.73. The summed E-state index contributed by atoms with van der Waals surface area (Å²) >= 11 is 3.46. The fourth-order valence-corrected chi connectivity index (χ4v) is 3.18. The van der Waals surface area contributed by atoms with Gasteiger partial charge in [-0.1, -0.05) is 23.5 Å². The fourth-order valence-electron chi connectivity index (χ4n) is 1.70. The molecule has 2 rings (SSSR count). The number of esters is 1. The van der Waals surface area contributed by atoms with Crippen molar-refractivity contribution in [2.45, 2.75) is 6.92 Å². The number of halogens is 1. The van der Waals surface area contributed by atoms with Crippen LogP contribution in [-0.4, -0.2) is 42.6 Å². The van der Waals surface area contributed by atoms with Crippen LogP contribution in [0.1, 0.15) is 17.4 Å². The van der Waals surface area contributed by atoms with Crippen LogP contribution in [0.2, 0.25) is 0 Å². The molecule has 122 valence electrons. The van der Waals surface area contributed by atoms with E-state index in [2.05, 4.69) is 32.9 Å². The summed E-state index contributed by atoms with van der Waals surface area (Å²) in [5.41, 5.74) is 1.01. The molecule has 2 amide bonds. The SMILES string of the molecule is CCOC(=O)c1nc(-c2cccc(I)c2)sc1NC(=O)N(C)C. The maximum Gasteiger partial charge on any atom is 0.360 e. The molecular weight excluding hydrogens is 429 g/mol. The van der Waals surface area contributed by atoms with E-state index in [4.69, 9.17) is 4.74 Å². The van der Waals surface area contributed by atoms with Crippen molar-refractivity contribution in [3.05, 3.63) is 33.5 Å². The quantitative estimate of drug-likeness (QED) is 0.576. The molecule has 0 fully saturated rings. The molecule has 1 aromatic heterocycles. The molecule has 2 aromatic rings. The number of carbonyl (C=O) groups is 2. The number of ether oxygens (including phenoxy) is 1. The summed E-state index contributed by atoms with van der Waals surface area (Å²) in [6.45, 7) is 1.97. The number of nitrogens with zero attached hydrogens (tertiary/aromatic N) is 2. The van der Waals surface area contributed by atoms with Gasteiger partial charge in [-0.25, -0.2) is 14.6 Å². The summed E-state index contributed by atoms with van der Waals surface area (Å²) in [5.74, 6) is -0.547. The standard InChI is InChI=1S/C15H16IN3O3S/c1-4-22-14(20)11-13(18-15(21)19(2)3)23-12(17-11)9-6-5-7-10(16)8-9/h5-8H,4H2,1-3H3,(H,18,21). The summed E-state index contributed by atoms with van der Waals surface area (Å²) in [5, 5.41) is 3.73. The molecule has 0 aliphatic carbocycles. The van der Waals surface area contributed by atoms with Gasteiger partial charge in [0.1, 0.15) is 10.0 Å². The van der Waals surface area contributed by atoms with E-state index in [0.29, 0.717) is 10.0 Å². The first-order chi connectivity index (χ1) is 10.9. The number of hydrogen-bond donors (Lipinski definition) is 1. The molecular formula is C15H16IN3O3S. The predicted octanol–water partition coefficient (Wildman–Crippen LogP) is 3.68. The first kappa shape index (κ1) is 17.7. The lowest BCUT2D eigenvalue weighted by molar-refractivity contribution is 0.0521. The fraction of sp³-hybridized carbons (Fsp3) is 0.267. The monoisotopic (exact) mass is 445 g/mol. The smallest absolute Gasteiger partial charge is 0.360 e. The minimum Gasteiger partial charge on any atom is -0.461 e. The lowest BCUT2D eigenvalue weighted by Gasteiger charge is -2.11. The number of thiazole rings is 1. The molecule has 1 aromatic carbocycles. The van der Waals surface area contributed by atoms with E-state index in [1.807, 2.05) is 24.3 Å². The molecule has 0 spiro atoms. The zero-order valence-corrected chi connectivity index (χ0v) is 15.9. The van der Waals surface area contributed by atoms with E-state index in [1.165, 1.54) is 16.2 Å². The highest BCUT2D eigenvalue weighted by atomic mass is 127. The Kier molecular flexibility index (Phi) is 5.94. The number of aromatic nitrogens is 1. The number of rotatable bonds is 4. The van der Waals surface area contributed by atoms with Crippen molar-refractivity contribution in [3.63, 3.8) is 0 Å². The summed E-state index contributed by atoms with van der Waals surface area (Å²) in [4.78, 5) is 29.7. The molecule has 8 heteroatoms. The highest BCUT2D eigenvalue weighted by Crippen LogP contribution is 2.33.